The lowest BCUT2D eigenvalue weighted by Crippen LogP contribution is -2.16. The normalized spacial score (nSPS) is 10.8. The van der Waals surface area contributed by atoms with E-state index in [9.17, 15) is 4.79 Å². The second-order valence-electron chi connectivity index (χ2n) is 6.77. The number of thioether (sulfide) groups is 1. The van der Waals surface area contributed by atoms with Crippen molar-refractivity contribution in [3.63, 3.8) is 0 Å². The Balaban J connectivity index is 1.76. The molecular weight excluding hydrogens is 448 g/mol. The highest BCUT2D eigenvalue weighted by molar-refractivity contribution is 9.10. The number of aromatic nitrogens is 3. The van der Waals surface area contributed by atoms with E-state index in [0.717, 1.165) is 38.2 Å². The number of hydrogen-bond donors (Lipinski definition) is 1. The van der Waals surface area contributed by atoms with Gasteiger partial charge in [0.25, 0.3) is 0 Å². The third-order valence-corrected chi connectivity index (χ3v) is 5.93. The van der Waals surface area contributed by atoms with Crippen LogP contribution in [0.5, 0.6) is 0 Å². The second kappa shape index (κ2) is 9.41. The molecule has 3 rings (SSSR count). The van der Waals surface area contributed by atoms with Crippen LogP contribution in [0.2, 0.25) is 0 Å². The number of carbonyl (C=O) groups excluding carboxylic acids is 1. The van der Waals surface area contributed by atoms with Gasteiger partial charge < -0.3 is 5.32 Å². The molecular formula is C22H23BrN4OS. The largest absolute Gasteiger partial charge is 0.325 e. The molecule has 0 fully saturated rings. The first kappa shape index (κ1) is 21.3. The minimum Gasteiger partial charge on any atom is -0.325 e. The van der Waals surface area contributed by atoms with E-state index < -0.39 is 0 Å². The van der Waals surface area contributed by atoms with E-state index in [2.05, 4.69) is 38.0 Å². The number of nitrogens with zero attached hydrogens (tertiary/aromatic N) is 3. The van der Waals surface area contributed by atoms with Gasteiger partial charge >= 0.3 is 0 Å². The van der Waals surface area contributed by atoms with E-state index in [1.54, 1.807) is 0 Å². The molecule has 29 heavy (non-hydrogen) atoms. The quantitative estimate of drug-likeness (QED) is 0.363. The van der Waals surface area contributed by atoms with E-state index in [1.165, 1.54) is 11.8 Å². The molecule has 0 saturated carbocycles. The summed E-state index contributed by atoms with van der Waals surface area (Å²) in [4.78, 5) is 12.6. The van der Waals surface area contributed by atoms with Crippen molar-refractivity contribution in [2.75, 3.05) is 11.1 Å². The maximum absolute atomic E-state index is 12.6. The van der Waals surface area contributed by atoms with Crippen molar-refractivity contribution in [2.24, 2.45) is 0 Å². The van der Waals surface area contributed by atoms with Crippen LogP contribution in [0, 0.1) is 20.8 Å². The van der Waals surface area contributed by atoms with Gasteiger partial charge in [0.15, 0.2) is 11.0 Å². The predicted molar refractivity (Wildman–Crippen MR) is 123 cm³/mol. The van der Waals surface area contributed by atoms with Gasteiger partial charge in [-0.05, 0) is 49.6 Å². The van der Waals surface area contributed by atoms with Crippen LogP contribution in [0.25, 0.3) is 11.4 Å². The SMILES string of the molecule is C=CCn1c(SCC(=O)Nc2c(C)cc(Br)cc2C)nnc1-c1ccccc1C. The Hall–Kier alpha value is -2.38. The predicted octanol–water partition coefficient (Wildman–Crippen LogP) is 5.55. The molecule has 7 heteroatoms. The van der Waals surface area contributed by atoms with Crippen molar-refractivity contribution in [3.8, 4) is 11.4 Å². The molecule has 0 spiro atoms. The minimum absolute atomic E-state index is 0.0749. The van der Waals surface area contributed by atoms with E-state index in [4.69, 9.17) is 0 Å². The molecule has 1 aromatic heterocycles. The van der Waals surface area contributed by atoms with Crippen molar-refractivity contribution in [3.05, 3.63) is 70.2 Å². The number of carbonyl (C=O) groups is 1. The van der Waals surface area contributed by atoms with Crippen molar-refractivity contribution in [1.82, 2.24) is 14.8 Å². The van der Waals surface area contributed by atoms with Gasteiger partial charge in [-0.1, -0.05) is 58.0 Å². The number of amides is 1. The minimum atomic E-state index is -0.0749. The first-order chi connectivity index (χ1) is 13.9. The summed E-state index contributed by atoms with van der Waals surface area (Å²) in [6.07, 6.45) is 1.81. The first-order valence-electron chi connectivity index (χ1n) is 9.20. The van der Waals surface area contributed by atoms with Crippen LogP contribution in [0.4, 0.5) is 5.69 Å². The van der Waals surface area contributed by atoms with Gasteiger partial charge in [-0.2, -0.15) is 0 Å². The molecule has 0 aliphatic heterocycles. The monoisotopic (exact) mass is 470 g/mol. The van der Waals surface area contributed by atoms with Crippen LogP contribution in [-0.4, -0.2) is 26.4 Å². The Kier molecular flexibility index (Phi) is 6.92. The van der Waals surface area contributed by atoms with Crippen LogP contribution >= 0.6 is 27.7 Å². The maximum atomic E-state index is 12.6. The number of benzene rings is 2. The van der Waals surface area contributed by atoms with Crippen molar-refractivity contribution in [2.45, 2.75) is 32.5 Å². The summed E-state index contributed by atoms with van der Waals surface area (Å²) in [7, 11) is 0. The van der Waals surface area contributed by atoms with Gasteiger partial charge in [-0.3, -0.25) is 9.36 Å². The molecule has 3 aromatic rings. The molecule has 0 atom stereocenters. The summed E-state index contributed by atoms with van der Waals surface area (Å²) in [6, 6.07) is 12.0. The van der Waals surface area contributed by atoms with E-state index in [-0.39, 0.29) is 11.7 Å². The number of allylic oxidation sites excluding steroid dienone is 1. The summed E-state index contributed by atoms with van der Waals surface area (Å²) in [6.45, 7) is 10.4. The van der Waals surface area contributed by atoms with E-state index >= 15 is 0 Å². The Morgan fingerprint density at radius 2 is 1.86 bits per heavy atom. The smallest absolute Gasteiger partial charge is 0.234 e. The molecule has 0 aliphatic rings. The Morgan fingerprint density at radius 3 is 2.52 bits per heavy atom. The van der Waals surface area contributed by atoms with Gasteiger partial charge in [0, 0.05) is 22.3 Å². The summed E-state index contributed by atoms with van der Waals surface area (Å²) in [5, 5.41) is 12.4. The molecule has 5 nitrogen and oxygen atoms in total. The standard InChI is InChI=1S/C22H23BrN4OS/c1-5-10-27-21(18-9-7-6-8-14(18)2)25-26-22(27)29-13-19(28)24-20-15(3)11-17(23)12-16(20)4/h5-9,11-12H,1,10,13H2,2-4H3,(H,24,28). The Labute approximate surface area is 183 Å². The molecule has 150 valence electrons. The lowest BCUT2D eigenvalue weighted by molar-refractivity contribution is -0.113. The fourth-order valence-electron chi connectivity index (χ4n) is 3.13. The molecule has 0 radical (unpaired) electrons. The molecule has 0 bridgehead atoms. The summed E-state index contributed by atoms with van der Waals surface area (Å²) in [5.74, 6) is 0.956. The van der Waals surface area contributed by atoms with Gasteiger partial charge in [0.2, 0.25) is 5.91 Å². The van der Waals surface area contributed by atoms with E-state index in [1.807, 2.05) is 67.8 Å². The van der Waals surface area contributed by atoms with Crippen LogP contribution in [0.3, 0.4) is 0 Å². The van der Waals surface area contributed by atoms with Crippen LogP contribution in [0.15, 0.2) is 58.7 Å². The highest BCUT2D eigenvalue weighted by Gasteiger charge is 2.16. The molecule has 0 saturated heterocycles. The Morgan fingerprint density at radius 1 is 1.17 bits per heavy atom. The van der Waals surface area contributed by atoms with Gasteiger partial charge in [-0.25, -0.2) is 0 Å². The van der Waals surface area contributed by atoms with Gasteiger partial charge in [-0.15, -0.1) is 16.8 Å². The molecule has 1 heterocycles. The summed E-state index contributed by atoms with van der Waals surface area (Å²) < 4.78 is 2.99. The Bertz CT molecular complexity index is 1040. The van der Waals surface area contributed by atoms with Crippen LogP contribution in [0.1, 0.15) is 16.7 Å². The fourth-order valence-corrected chi connectivity index (χ4v) is 4.56. The number of hydrogen-bond acceptors (Lipinski definition) is 4. The zero-order valence-corrected chi connectivity index (χ0v) is 19.1. The molecule has 1 amide bonds. The lowest BCUT2D eigenvalue weighted by Gasteiger charge is -2.12. The number of nitrogens with one attached hydrogen (secondary N) is 1. The third kappa shape index (κ3) is 4.97. The third-order valence-electron chi connectivity index (χ3n) is 4.51. The highest BCUT2D eigenvalue weighted by Crippen LogP contribution is 2.28. The van der Waals surface area contributed by atoms with E-state index in [0.29, 0.717) is 11.7 Å². The fraction of sp³-hybridized carbons (Fsp3) is 0.227. The lowest BCUT2D eigenvalue weighted by atomic mass is 10.1. The topological polar surface area (TPSA) is 59.8 Å². The molecule has 1 N–H and O–H groups in total. The molecule has 0 unspecified atom stereocenters. The number of aryl methyl sites for hydroxylation is 3. The molecule has 0 aliphatic carbocycles. The maximum Gasteiger partial charge on any atom is 0.234 e. The summed E-state index contributed by atoms with van der Waals surface area (Å²) >= 11 is 4.85. The average molecular weight is 471 g/mol. The number of anilines is 1. The molecule has 2 aromatic carbocycles. The highest BCUT2D eigenvalue weighted by atomic mass is 79.9. The number of rotatable bonds is 7. The average Bonchev–Trinajstić information content (AvgIpc) is 3.06. The van der Waals surface area contributed by atoms with Crippen LogP contribution in [-0.2, 0) is 11.3 Å². The number of halogens is 1. The second-order valence-corrected chi connectivity index (χ2v) is 8.63. The summed E-state index contributed by atoms with van der Waals surface area (Å²) in [5.41, 5.74) is 5.05. The van der Waals surface area contributed by atoms with Gasteiger partial charge in [0.1, 0.15) is 0 Å². The zero-order valence-electron chi connectivity index (χ0n) is 16.7. The first-order valence-corrected chi connectivity index (χ1v) is 11.0. The zero-order chi connectivity index (χ0) is 21.0. The van der Waals surface area contributed by atoms with Crippen LogP contribution < -0.4 is 5.32 Å². The van der Waals surface area contributed by atoms with Crippen molar-refractivity contribution >= 4 is 39.3 Å². The van der Waals surface area contributed by atoms with Crippen molar-refractivity contribution < 1.29 is 4.79 Å². The van der Waals surface area contributed by atoms with Crippen molar-refractivity contribution in [1.29, 1.82) is 0 Å². The van der Waals surface area contributed by atoms with Gasteiger partial charge in [0.05, 0.1) is 5.75 Å².